The second-order valence-corrected chi connectivity index (χ2v) is 9.94. The Balaban J connectivity index is 1.61. The largest absolute Gasteiger partial charge is 0.341 e. The monoisotopic (exact) mass is 397 g/mol. The van der Waals surface area contributed by atoms with E-state index in [1.165, 1.54) is 22.6 Å². The van der Waals surface area contributed by atoms with Crippen LogP contribution in [0.15, 0.2) is 40.6 Å². The second kappa shape index (κ2) is 7.48. The lowest BCUT2D eigenvalue weighted by atomic mass is 10.2. The summed E-state index contributed by atoms with van der Waals surface area (Å²) < 4.78 is 25.4. The van der Waals surface area contributed by atoms with Gasteiger partial charge in [-0.15, -0.1) is 11.3 Å². The van der Waals surface area contributed by atoms with Gasteiger partial charge in [-0.05, 0) is 61.0 Å². The average Bonchev–Trinajstić information content (AvgIpc) is 3.22. The number of aryl methyl sites for hydroxylation is 2. The maximum atomic E-state index is 12.7. The number of halogens is 1. The third-order valence-corrected chi connectivity index (χ3v) is 8.14. The van der Waals surface area contributed by atoms with Crippen molar-refractivity contribution in [3.63, 3.8) is 0 Å². The number of amides is 1. The lowest BCUT2D eigenvalue weighted by molar-refractivity contribution is -0.130. The van der Waals surface area contributed by atoms with Crippen molar-refractivity contribution in [2.45, 2.75) is 36.3 Å². The van der Waals surface area contributed by atoms with E-state index in [0.717, 1.165) is 0 Å². The highest BCUT2D eigenvalue weighted by molar-refractivity contribution is 7.92. The highest BCUT2D eigenvalue weighted by Crippen LogP contribution is 2.26. The van der Waals surface area contributed by atoms with Gasteiger partial charge in [0.15, 0.2) is 9.84 Å². The number of rotatable bonds is 5. The predicted molar refractivity (Wildman–Crippen MR) is 101 cm³/mol. The minimum absolute atomic E-state index is 0.0293. The van der Waals surface area contributed by atoms with Crippen molar-refractivity contribution in [1.29, 1.82) is 0 Å². The van der Waals surface area contributed by atoms with Crippen LogP contribution in [-0.2, 0) is 21.1 Å². The molecule has 1 aliphatic heterocycles. The molecule has 0 N–H and O–H groups in total. The topological polar surface area (TPSA) is 54.5 Å². The molecular formula is C18H20ClNO3S2. The van der Waals surface area contributed by atoms with Crippen LogP contribution in [0.3, 0.4) is 0 Å². The summed E-state index contributed by atoms with van der Waals surface area (Å²) in [7, 11) is -3.44. The van der Waals surface area contributed by atoms with E-state index in [2.05, 4.69) is 6.07 Å². The van der Waals surface area contributed by atoms with Gasteiger partial charge < -0.3 is 4.90 Å². The zero-order valence-corrected chi connectivity index (χ0v) is 16.3. The summed E-state index contributed by atoms with van der Waals surface area (Å²) in [6.45, 7) is 2.81. The number of hydrogen-bond acceptors (Lipinski definition) is 4. The van der Waals surface area contributed by atoms with Crippen LogP contribution in [0.25, 0.3) is 0 Å². The van der Waals surface area contributed by atoms with Gasteiger partial charge in [-0.3, -0.25) is 4.79 Å². The van der Waals surface area contributed by atoms with E-state index in [9.17, 15) is 13.2 Å². The number of benzene rings is 1. The lowest BCUT2D eigenvalue weighted by Gasteiger charge is -2.17. The number of sulfone groups is 1. The summed E-state index contributed by atoms with van der Waals surface area (Å²) in [6, 6.07) is 8.27. The fourth-order valence-corrected chi connectivity index (χ4v) is 5.79. The molecule has 1 saturated heterocycles. The number of nitrogens with zero attached hydrogens (tertiary/aromatic N) is 1. The fourth-order valence-electron chi connectivity index (χ4n) is 3.06. The number of carbonyl (C=O) groups excluding carboxylic acids is 1. The Labute approximate surface area is 157 Å². The third-order valence-electron chi connectivity index (χ3n) is 4.61. The Morgan fingerprint density at radius 3 is 2.64 bits per heavy atom. The first kappa shape index (κ1) is 18.4. The number of thiophene rings is 1. The zero-order valence-electron chi connectivity index (χ0n) is 13.9. The maximum absolute atomic E-state index is 12.7. The number of hydrogen-bond donors (Lipinski definition) is 0. The molecule has 1 aromatic heterocycles. The summed E-state index contributed by atoms with van der Waals surface area (Å²) in [5.74, 6) is 0.0293. The van der Waals surface area contributed by atoms with E-state index < -0.39 is 15.1 Å². The third kappa shape index (κ3) is 4.07. The van der Waals surface area contributed by atoms with Crippen molar-refractivity contribution < 1.29 is 13.2 Å². The standard InChI is InChI=1S/C18H20ClNO3S2/c1-13-9-11-24-17(13)6-7-18(21)20-10-8-16(12-20)25(22,23)15-4-2-14(19)3-5-15/h2-5,9,11,16H,6-8,10,12H2,1H3. The maximum Gasteiger partial charge on any atom is 0.222 e. The van der Waals surface area contributed by atoms with Gasteiger partial charge >= 0.3 is 0 Å². The van der Waals surface area contributed by atoms with Gasteiger partial charge in [-0.2, -0.15) is 0 Å². The molecule has 2 heterocycles. The van der Waals surface area contributed by atoms with Crippen LogP contribution in [0.5, 0.6) is 0 Å². The second-order valence-electron chi connectivity index (χ2n) is 6.28. The molecule has 1 amide bonds. The van der Waals surface area contributed by atoms with Crippen molar-refractivity contribution in [3.8, 4) is 0 Å². The van der Waals surface area contributed by atoms with Gasteiger partial charge in [0.25, 0.3) is 0 Å². The molecule has 1 atom stereocenters. The van der Waals surface area contributed by atoms with Crippen LogP contribution in [0.1, 0.15) is 23.3 Å². The van der Waals surface area contributed by atoms with E-state index in [-0.39, 0.29) is 17.3 Å². The van der Waals surface area contributed by atoms with Crippen molar-refractivity contribution in [2.75, 3.05) is 13.1 Å². The molecule has 0 aliphatic carbocycles. The summed E-state index contributed by atoms with van der Waals surface area (Å²) in [5.41, 5.74) is 1.21. The van der Waals surface area contributed by atoms with Crippen molar-refractivity contribution in [2.24, 2.45) is 0 Å². The smallest absolute Gasteiger partial charge is 0.222 e. The van der Waals surface area contributed by atoms with E-state index in [4.69, 9.17) is 11.6 Å². The van der Waals surface area contributed by atoms with Crippen LogP contribution in [0.2, 0.25) is 5.02 Å². The Kier molecular flexibility index (Phi) is 5.51. The first-order valence-corrected chi connectivity index (χ1v) is 11.0. The number of likely N-dealkylation sites (tertiary alicyclic amines) is 1. The molecule has 1 unspecified atom stereocenters. The van der Waals surface area contributed by atoms with Gasteiger partial charge in [-0.25, -0.2) is 8.42 Å². The first-order chi connectivity index (χ1) is 11.9. The van der Waals surface area contributed by atoms with Crippen molar-refractivity contribution in [1.82, 2.24) is 4.90 Å². The van der Waals surface area contributed by atoms with Gasteiger partial charge in [0.05, 0.1) is 10.1 Å². The Bertz CT molecular complexity index is 859. The Hall–Kier alpha value is -1.37. The molecule has 134 valence electrons. The van der Waals surface area contributed by atoms with E-state index in [1.807, 2.05) is 12.3 Å². The van der Waals surface area contributed by atoms with E-state index >= 15 is 0 Å². The normalized spacial score (nSPS) is 17.8. The van der Waals surface area contributed by atoms with Gasteiger partial charge in [0.1, 0.15) is 0 Å². The van der Waals surface area contributed by atoms with Crippen LogP contribution in [-0.4, -0.2) is 37.6 Å². The van der Waals surface area contributed by atoms with Crippen LogP contribution in [0.4, 0.5) is 0 Å². The molecule has 0 radical (unpaired) electrons. The predicted octanol–water partition coefficient (Wildman–Crippen LogP) is 3.72. The summed E-state index contributed by atoms with van der Waals surface area (Å²) >= 11 is 7.49. The van der Waals surface area contributed by atoms with E-state index in [0.29, 0.717) is 30.8 Å². The van der Waals surface area contributed by atoms with Crippen LogP contribution in [0, 0.1) is 6.92 Å². The molecule has 2 aromatic rings. The Morgan fingerprint density at radius 1 is 1.28 bits per heavy atom. The average molecular weight is 398 g/mol. The molecular weight excluding hydrogens is 378 g/mol. The highest BCUT2D eigenvalue weighted by atomic mass is 35.5. The molecule has 1 fully saturated rings. The van der Waals surface area contributed by atoms with Gasteiger partial charge in [0, 0.05) is 29.4 Å². The molecule has 0 bridgehead atoms. The summed E-state index contributed by atoms with van der Waals surface area (Å²) in [6.07, 6.45) is 1.62. The molecule has 3 rings (SSSR count). The lowest BCUT2D eigenvalue weighted by Crippen LogP contribution is -2.32. The van der Waals surface area contributed by atoms with Crippen molar-refractivity contribution >= 4 is 38.7 Å². The quantitative estimate of drug-likeness (QED) is 0.772. The number of carbonyl (C=O) groups is 1. The van der Waals surface area contributed by atoms with Crippen LogP contribution >= 0.6 is 22.9 Å². The molecule has 4 nitrogen and oxygen atoms in total. The van der Waals surface area contributed by atoms with Crippen LogP contribution < -0.4 is 0 Å². The van der Waals surface area contributed by atoms with Gasteiger partial charge in [-0.1, -0.05) is 11.6 Å². The van der Waals surface area contributed by atoms with E-state index in [1.54, 1.807) is 28.4 Å². The first-order valence-electron chi connectivity index (χ1n) is 8.18. The summed E-state index contributed by atoms with van der Waals surface area (Å²) in [5, 5.41) is 1.99. The minimum Gasteiger partial charge on any atom is -0.341 e. The summed E-state index contributed by atoms with van der Waals surface area (Å²) in [4.78, 5) is 15.6. The molecule has 1 aliphatic rings. The molecule has 7 heteroatoms. The van der Waals surface area contributed by atoms with Crippen molar-refractivity contribution in [3.05, 3.63) is 51.2 Å². The highest BCUT2D eigenvalue weighted by Gasteiger charge is 2.35. The molecule has 1 aromatic carbocycles. The Morgan fingerprint density at radius 2 is 2.00 bits per heavy atom. The molecule has 0 saturated carbocycles. The van der Waals surface area contributed by atoms with Gasteiger partial charge in [0.2, 0.25) is 5.91 Å². The minimum atomic E-state index is -3.44. The zero-order chi connectivity index (χ0) is 18.0. The fraction of sp³-hybridized carbons (Fsp3) is 0.389. The molecule has 25 heavy (non-hydrogen) atoms. The molecule has 0 spiro atoms. The SMILES string of the molecule is Cc1ccsc1CCC(=O)N1CCC(S(=O)(=O)c2ccc(Cl)cc2)C1.